The van der Waals surface area contributed by atoms with Gasteiger partial charge in [-0.15, -0.1) is 0 Å². The SMILES string of the molecule is O=Cc1ccc(-c2cc(F)cc(C(F)(F)F)c2I)o1. The van der Waals surface area contributed by atoms with Crippen molar-refractivity contribution < 1.29 is 26.8 Å². The van der Waals surface area contributed by atoms with Crippen LogP contribution < -0.4 is 0 Å². The Labute approximate surface area is 118 Å². The summed E-state index contributed by atoms with van der Waals surface area (Å²) in [5, 5.41) is 0. The van der Waals surface area contributed by atoms with Gasteiger partial charge in [0.25, 0.3) is 0 Å². The minimum absolute atomic E-state index is 0.0106. The molecule has 0 saturated carbocycles. The summed E-state index contributed by atoms with van der Waals surface area (Å²) in [6.07, 6.45) is -4.24. The number of furan rings is 1. The predicted molar refractivity (Wildman–Crippen MR) is 67.2 cm³/mol. The topological polar surface area (TPSA) is 30.2 Å². The normalized spacial score (nSPS) is 11.6. The zero-order chi connectivity index (χ0) is 14.2. The molecule has 0 saturated heterocycles. The molecule has 2 nitrogen and oxygen atoms in total. The van der Waals surface area contributed by atoms with Crippen LogP contribution in [-0.4, -0.2) is 6.29 Å². The highest BCUT2D eigenvalue weighted by atomic mass is 127. The Morgan fingerprint density at radius 2 is 1.89 bits per heavy atom. The van der Waals surface area contributed by atoms with Gasteiger partial charge in [0.05, 0.1) is 5.56 Å². The number of benzene rings is 1. The van der Waals surface area contributed by atoms with Gasteiger partial charge in [0, 0.05) is 9.13 Å². The van der Waals surface area contributed by atoms with Gasteiger partial charge >= 0.3 is 6.18 Å². The van der Waals surface area contributed by atoms with Crippen molar-refractivity contribution in [3.63, 3.8) is 0 Å². The predicted octanol–water partition coefficient (Wildman–Crippen LogP) is 4.52. The Morgan fingerprint density at radius 1 is 1.21 bits per heavy atom. The van der Waals surface area contributed by atoms with Gasteiger partial charge in [-0.2, -0.15) is 13.2 Å². The van der Waals surface area contributed by atoms with E-state index in [2.05, 4.69) is 0 Å². The van der Waals surface area contributed by atoms with E-state index in [0.717, 1.165) is 6.07 Å². The van der Waals surface area contributed by atoms with Gasteiger partial charge in [-0.05, 0) is 46.9 Å². The summed E-state index contributed by atoms with van der Waals surface area (Å²) in [7, 11) is 0. The lowest BCUT2D eigenvalue weighted by Crippen LogP contribution is -2.09. The average Bonchev–Trinajstić information content (AvgIpc) is 2.78. The number of carbonyl (C=O) groups is 1. The van der Waals surface area contributed by atoms with Crippen molar-refractivity contribution in [3.8, 4) is 11.3 Å². The van der Waals surface area contributed by atoms with Crippen LogP contribution in [0.25, 0.3) is 11.3 Å². The van der Waals surface area contributed by atoms with Crippen LogP contribution in [0.2, 0.25) is 0 Å². The monoisotopic (exact) mass is 384 g/mol. The molecule has 0 spiro atoms. The first-order chi connectivity index (χ1) is 8.82. The third kappa shape index (κ3) is 2.80. The molecule has 0 aliphatic rings. The summed E-state index contributed by atoms with van der Waals surface area (Å²) < 4.78 is 56.3. The summed E-state index contributed by atoms with van der Waals surface area (Å²) >= 11 is 1.47. The van der Waals surface area contributed by atoms with Gasteiger partial charge in [-0.3, -0.25) is 4.79 Å². The molecule has 100 valence electrons. The van der Waals surface area contributed by atoms with Crippen LogP contribution in [0.3, 0.4) is 0 Å². The molecule has 0 N–H and O–H groups in total. The number of carbonyl (C=O) groups excluding carboxylic acids is 1. The number of alkyl halides is 3. The number of halogens is 5. The molecule has 0 radical (unpaired) electrons. The first kappa shape index (κ1) is 14.0. The molecule has 0 bridgehead atoms. The molecule has 2 rings (SSSR count). The molecule has 0 aliphatic heterocycles. The Morgan fingerprint density at radius 3 is 2.42 bits per heavy atom. The van der Waals surface area contributed by atoms with Crippen LogP contribution in [0.1, 0.15) is 16.1 Å². The van der Waals surface area contributed by atoms with E-state index in [0.29, 0.717) is 12.4 Å². The second kappa shape index (κ2) is 4.95. The van der Waals surface area contributed by atoms with Crippen LogP contribution in [0, 0.1) is 9.39 Å². The molecule has 1 aromatic carbocycles. The Bertz CT molecular complexity index is 631. The third-order valence-corrected chi connectivity index (χ3v) is 3.51. The molecule has 2 aromatic rings. The fourth-order valence-electron chi connectivity index (χ4n) is 1.54. The molecule has 0 atom stereocenters. The van der Waals surface area contributed by atoms with E-state index < -0.39 is 17.6 Å². The van der Waals surface area contributed by atoms with Crippen molar-refractivity contribution >= 4 is 28.9 Å². The summed E-state index contributed by atoms with van der Waals surface area (Å²) in [6, 6.07) is 3.98. The highest BCUT2D eigenvalue weighted by Crippen LogP contribution is 2.38. The van der Waals surface area contributed by atoms with Gasteiger partial charge in [0.2, 0.25) is 0 Å². The zero-order valence-electron chi connectivity index (χ0n) is 9.09. The van der Waals surface area contributed by atoms with Crippen molar-refractivity contribution in [2.45, 2.75) is 6.18 Å². The maximum absolute atomic E-state index is 13.3. The van der Waals surface area contributed by atoms with E-state index in [-0.39, 0.29) is 20.7 Å². The smallest absolute Gasteiger partial charge is 0.417 e. The zero-order valence-corrected chi connectivity index (χ0v) is 11.3. The lowest BCUT2D eigenvalue weighted by molar-refractivity contribution is -0.138. The molecule has 19 heavy (non-hydrogen) atoms. The molecule has 1 heterocycles. The minimum atomic E-state index is -4.66. The second-order valence-corrected chi connectivity index (χ2v) is 4.71. The Balaban J connectivity index is 2.64. The third-order valence-electron chi connectivity index (χ3n) is 2.35. The second-order valence-electron chi connectivity index (χ2n) is 3.63. The quantitative estimate of drug-likeness (QED) is 0.433. The van der Waals surface area contributed by atoms with Crippen molar-refractivity contribution in [2.75, 3.05) is 0 Å². The molecular formula is C12H5F4IO2. The largest absolute Gasteiger partial charge is 0.453 e. The van der Waals surface area contributed by atoms with Crippen LogP contribution in [-0.2, 0) is 6.18 Å². The summed E-state index contributed by atoms with van der Waals surface area (Å²) in [5.41, 5.74) is -1.12. The van der Waals surface area contributed by atoms with E-state index in [9.17, 15) is 22.4 Å². The summed E-state index contributed by atoms with van der Waals surface area (Å²) in [4.78, 5) is 10.5. The Hall–Kier alpha value is -1.38. The van der Waals surface area contributed by atoms with Gasteiger partial charge in [0.1, 0.15) is 11.6 Å². The Kier molecular flexibility index (Phi) is 3.66. The molecule has 0 aliphatic carbocycles. The standard InChI is InChI=1S/C12H5F4IO2/c13-6-3-8(10-2-1-7(5-18)19-10)11(17)9(4-6)12(14,15)16/h1-5H. The fraction of sp³-hybridized carbons (Fsp3) is 0.0833. The lowest BCUT2D eigenvalue weighted by Gasteiger charge is -2.12. The van der Waals surface area contributed by atoms with Crippen LogP contribution in [0.5, 0.6) is 0 Å². The van der Waals surface area contributed by atoms with E-state index in [1.165, 1.54) is 34.7 Å². The fourth-order valence-corrected chi connectivity index (χ4v) is 2.42. The van der Waals surface area contributed by atoms with Crippen molar-refractivity contribution in [1.29, 1.82) is 0 Å². The lowest BCUT2D eigenvalue weighted by atomic mass is 10.1. The molecular weight excluding hydrogens is 379 g/mol. The molecule has 0 fully saturated rings. The van der Waals surface area contributed by atoms with Gasteiger partial charge in [-0.1, -0.05) is 0 Å². The van der Waals surface area contributed by atoms with Crippen molar-refractivity contribution in [3.05, 3.63) is 45.0 Å². The molecule has 1 aromatic heterocycles. The average molecular weight is 384 g/mol. The van der Waals surface area contributed by atoms with Gasteiger partial charge in [-0.25, -0.2) is 4.39 Å². The highest BCUT2D eigenvalue weighted by Gasteiger charge is 2.35. The number of rotatable bonds is 2. The van der Waals surface area contributed by atoms with Crippen LogP contribution >= 0.6 is 22.6 Å². The summed E-state index contributed by atoms with van der Waals surface area (Å²) in [5.74, 6) is -1.05. The number of hydrogen-bond acceptors (Lipinski definition) is 2. The molecule has 7 heteroatoms. The van der Waals surface area contributed by atoms with Crippen molar-refractivity contribution in [2.24, 2.45) is 0 Å². The van der Waals surface area contributed by atoms with Crippen LogP contribution in [0.4, 0.5) is 17.6 Å². The summed E-state index contributed by atoms with van der Waals surface area (Å²) in [6.45, 7) is 0. The minimum Gasteiger partial charge on any atom is -0.453 e. The van der Waals surface area contributed by atoms with Crippen LogP contribution in [0.15, 0.2) is 28.7 Å². The first-order valence-corrected chi connectivity index (χ1v) is 6.02. The van der Waals surface area contributed by atoms with E-state index in [4.69, 9.17) is 4.42 Å². The first-order valence-electron chi connectivity index (χ1n) is 4.94. The number of aldehydes is 1. The van der Waals surface area contributed by atoms with E-state index in [1.54, 1.807) is 0 Å². The van der Waals surface area contributed by atoms with E-state index in [1.807, 2.05) is 0 Å². The van der Waals surface area contributed by atoms with Gasteiger partial charge < -0.3 is 4.42 Å². The molecule has 0 unspecified atom stereocenters. The highest BCUT2D eigenvalue weighted by molar-refractivity contribution is 14.1. The number of hydrogen-bond donors (Lipinski definition) is 0. The maximum Gasteiger partial charge on any atom is 0.417 e. The van der Waals surface area contributed by atoms with E-state index >= 15 is 0 Å². The van der Waals surface area contributed by atoms with Crippen molar-refractivity contribution in [1.82, 2.24) is 0 Å². The van der Waals surface area contributed by atoms with Gasteiger partial charge in [0.15, 0.2) is 12.0 Å². The molecule has 0 amide bonds. The maximum atomic E-state index is 13.3.